The molecule has 154 valence electrons. The number of aromatic nitrogens is 3. The lowest BCUT2D eigenvalue weighted by atomic mass is 10.0. The number of halogens is 2. The number of nitrogens with zero attached hydrogens (tertiary/aromatic N) is 3. The number of carbonyl (C=O) groups excluding carboxylic acids is 2. The standard InChI is InChI=1S/C22H14F2N4O3/c23-14-7-13(8-15(24)9-14)12-5-6-19-25-22(27-28(19)11-12)26-20(29)10-18-16-3-1-2-4-17(16)21(30)31-18/h1-9,11,18H,10H2,(H,26,27,29)/t18-/m1/s1. The van der Waals surface area contributed by atoms with Crippen LogP contribution >= 0.6 is 0 Å². The molecule has 0 aliphatic carbocycles. The van der Waals surface area contributed by atoms with Crippen LogP contribution in [0.3, 0.4) is 0 Å². The van der Waals surface area contributed by atoms with E-state index in [0.29, 0.717) is 27.9 Å². The van der Waals surface area contributed by atoms with Gasteiger partial charge in [-0.1, -0.05) is 18.2 Å². The lowest BCUT2D eigenvalue weighted by Gasteiger charge is -2.09. The van der Waals surface area contributed by atoms with E-state index in [1.807, 2.05) is 0 Å². The summed E-state index contributed by atoms with van der Waals surface area (Å²) in [6.07, 6.45) is 0.808. The first-order valence-electron chi connectivity index (χ1n) is 9.39. The zero-order chi connectivity index (χ0) is 21.5. The Morgan fingerprint density at radius 2 is 1.84 bits per heavy atom. The molecule has 1 aliphatic rings. The Kier molecular flexibility index (Phi) is 4.43. The molecule has 5 rings (SSSR count). The molecule has 2 aromatic carbocycles. The smallest absolute Gasteiger partial charge is 0.339 e. The van der Waals surface area contributed by atoms with Gasteiger partial charge < -0.3 is 4.74 Å². The van der Waals surface area contributed by atoms with Crippen LogP contribution in [0.1, 0.15) is 28.4 Å². The molecule has 0 fully saturated rings. The van der Waals surface area contributed by atoms with Gasteiger partial charge >= 0.3 is 5.97 Å². The predicted octanol–water partition coefficient (Wildman–Crippen LogP) is 3.91. The predicted molar refractivity (Wildman–Crippen MR) is 106 cm³/mol. The van der Waals surface area contributed by atoms with Crippen molar-refractivity contribution in [3.8, 4) is 11.1 Å². The van der Waals surface area contributed by atoms with Gasteiger partial charge in [-0.3, -0.25) is 10.1 Å². The number of rotatable bonds is 4. The number of anilines is 1. The Morgan fingerprint density at radius 3 is 2.65 bits per heavy atom. The summed E-state index contributed by atoms with van der Waals surface area (Å²) in [4.78, 5) is 28.6. The van der Waals surface area contributed by atoms with E-state index >= 15 is 0 Å². The molecule has 0 saturated carbocycles. The Bertz CT molecular complexity index is 1330. The van der Waals surface area contributed by atoms with Gasteiger partial charge in [-0.15, -0.1) is 5.10 Å². The molecule has 1 amide bonds. The maximum Gasteiger partial charge on any atom is 0.339 e. The molecule has 4 aromatic rings. The number of hydrogen-bond acceptors (Lipinski definition) is 5. The average Bonchev–Trinajstić information content (AvgIpc) is 3.27. The zero-order valence-corrected chi connectivity index (χ0v) is 15.9. The summed E-state index contributed by atoms with van der Waals surface area (Å²) < 4.78 is 33.7. The summed E-state index contributed by atoms with van der Waals surface area (Å²) in [6.45, 7) is 0. The molecular weight excluding hydrogens is 406 g/mol. The summed E-state index contributed by atoms with van der Waals surface area (Å²) in [7, 11) is 0. The summed E-state index contributed by atoms with van der Waals surface area (Å²) in [6, 6.07) is 13.4. The van der Waals surface area contributed by atoms with Crippen molar-refractivity contribution in [2.24, 2.45) is 0 Å². The van der Waals surface area contributed by atoms with Gasteiger partial charge in [-0.2, -0.15) is 4.98 Å². The minimum Gasteiger partial charge on any atom is -0.453 e. The topological polar surface area (TPSA) is 85.6 Å². The van der Waals surface area contributed by atoms with Crippen molar-refractivity contribution in [1.82, 2.24) is 14.6 Å². The van der Waals surface area contributed by atoms with Crippen LogP contribution < -0.4 is 5.32 Å². The van der Waals surface area contributed by atoms with Crippen molar-refractivity contribution in [2.45, 2.75) is 12.5 Å². The number of pyridine rings is 1. The molecule has 31 heavy (non-hydrogen) atoms. The normalized spacial score (nSPS) is 15.0. The van der Waals surface area contributed by atoms with Crippen LogP contribution in [0, 0.1) is 11.6 Å². The lowest BCUT2D eigenvalue weighted by Crippen LogP contribution is -2.16. The highest BCUT2D eigenvalue weighted by Gasteiger charge is 2.32. The first kappa shape index (κ1) is 18.9. The monoisotopic (exact) mass is 420 g/mol. The zero-order valence-electron chi connectivity index (χ0n) is 15.9. The molecule has 1 N–H and O–H groups in total. The average molecular weight is 420 g/mol. The number of cyclic esters (lactones) is 1. The molecule has 1 aliphatic heterocycles. The molecule has 9 heteroatoms. The quantitative estimate of drug-likeness (QED) is 0.506. The van der Waals surface area contributed by atoms with Crippen molar-refractivity contribution in [3.63, 3.8) is 0 Å². The van der Waals surface area contributed by atoms with Gasteiger partial charge in [-0.05, 0) is 35.9 Å². The molecule has 2 aromatic heterocycles. The van der Waals surface area contributed by atoms with E-state index in [2.05, 4.69) is 15.4 Å². The molecule has 0 spiro atoms. The third-order valence-electron chi connectivity index (χ3n) is 4.93. The van der Waals surface area contributed by atoms with E-state index in [9.17, 15) is 18.4 Å². The SMILES string of the molecule is O=C(C[C@H]1OC(=O)c2ccccc21)Nc1nc2ccc(-c3cc(F)cc(F)c3)cn2n1. The van der Waals surface area contributed by atoms with Crippen molar-refractivity contribution in [1.29, 1.82) is 0 Å². The van der Waals surface area contributed by atoms with Crippen molar-refractivity contribution < 1.29 is 23.1 Å². The van der Waals surface area contributed by atoms with Crippen LogP contribution in [-0.4, -0.2) is 26.5 Å². The van der Waals surface area contributed by atoms with Gasteiger partial charge in [0.2, 0.25) is 11.9 Å². The summed E-state index contributed by atoms with van der Waals surface area (Å²) in [5.41, 5.74) is 2.43. The Morgan fingerprint density at radius 1 is 1.06 bits per heavy atom. The third kappa shape index (κ3) is 3.61. The minimum atomic E-state index is -0.684. The number of hydrogen-bond donors (Lipinski definition) is 1. The highest BCUT2D eigenvalue weighted by molar-refractivity contribution is 5.96. The second-order valence-electron chi connectivity index (χ2n) is 7.05. The van der Waals surface area contributed by atoms with E-state index in [1.165, 1.54) is 16.6 Å². The van der Waals surface area contributed by atoms with Crippen LogP contribution in [0.15, 0.2) is 60.8 Å². The molecular formula is C22H14F2N4O3. The molecule has 0 radical (unpaired) electrons. The Balaban J connectivity index is 1.34. The number of amides is 1. The number of fused-ring (bicyclic) bond motifs is 2. The fraction of sp³-hybridized carbons (Fsp3) is 0.0909. The van der Waals surface area contributed by atoms with Gasteiger partial charge in [0.05, 0.1) is 12.0 Å². The van der Waals surface area contributed by atoms with Gasteiger partial charge in [0.15, 0.2) is 5.65 Å². The maximum absolute atomic E-state index is 13.5. The van der Waals surface area contributed by atoms with Gasteiger partial charge in [0, 0.05) is 23.4 Å². The van der Waals surface area contributed by atoms with Crippen molar-refractivity contribution in [3.05, 3.63) is 83.6 Å². The summed E-state index contributed by atoms with van der Waals surface area (Å²) in [5, 5.41) is 6.78. The van der Waals surface area contributed by atoms with Crippen LogP contribution in [-0.2, 0) is 9.53 Å². The van der Waals surface area contributed by atoms with Gasteiger partial charge in [0.1, 0.15) is 17.7 Å². The highest BCUT2D eigenvalue weighted by Crippen LogP contribution is 2.33. The number of esters is 1. The summed E-state index contributed by atoms with van der Waals surface area (Å²) >= 11 is 0. The number of ether oxygens (including phenoxy) is 1. The lowest BCUT2D eigenvalue weighted by molar-refractivity contribution is -0.118. The minimum absolute atomic E-state index is 0.0604. The fourth-order valence-electron chi connectivity index (χ4n) is 3.54. The molecule has 1 atom stereocenters. The van der Waals surface area contributed by atoms with Crippen LogP contribution in [0.5, 0.6) is 0 Å². The highest BCUT2D eigenvalue weighted by atomic mass is 19.1. The van der Waals surface area contributed by atoms with E-state index in [0.717, 1.165) is 6.07 Å². The van der Waals surface area contributed by atoms with Crippen LogP contribution in [0.2, 0.25) is 0 Å². The maximum atomic E-state index is 13.5. The molecule has 0 unspecified atom stereocenters. The summed E-state index contributed by atoms with van der Waals surface area (Å²) in [5.74, 6) is -2.18. The molecule has 7 nitrogen and oxygen atoms in total. The molecule has 3 heterocycles. The third-order valence-corrected chi connectivity index (χ3v) is 4.93. The largest absolute Gasteiger partial charge is 0.453 e. The van der Waals surface area contributed by atoms with E-state index < -0.39 is 29.6 Å². The first-order valence-corrected chi connectivity index (χ1v) is 9.39. The number of benzene rings is 2. The van der Waals surface area contributed by atoms with Crippen molar-refractivity contribution in [2.75, 3.05) is 5.32 Å². The van der Waals surface area contributed by atoms with Crippen LogP contribution in [0.4, 0.5) is 14.7 Å². The van der Waals surface area contributed by atoms with E-state index in [4.69, 9.17) is 4.74 Å². The fourth-order valence-corrected chi connectivity index (χ4v) is 3.54. The second-order valence-corrected chi connectivity index (χ2v) is 7.05. The number of carbonyl (C=O) groups is 2. The second kappa shape index (κ2) is 7.28. The first-order chi connectivity index (χ1) is 15.0. The van der Waals surface area contributed by atoms with Gasteiger partial charge in [-0.25, -0.2) is 18.1 Å². The number of nitrogens with one attached hydrogen (secondary N) is 1. The molecule has 0 saturated heterocycles. The van der Waals surface area contributed by atoms with Gasteiger partial charge in [0.25, 0.3) is 0 Å². The van der Waals surface area contributed by atoms with E-state index in [-0.39, 0.29) is 12.4 Å². The Labute approximate surface area is 174 Å². The Hall–Kier alpha value is -4.14. The van der Waals surface area contributed by atoms with Crippen molar-refractivity contribution >= 4 is 23.5 Å². The van der Waals surface area contributed by atoms with E-state index in [1.54, 1.807) is 42.6 Å². The molecule has 0 bridgehead atoms. The van der Waals surface area contributed by atoms with Crippen LogP contribution in [0.25, 0.3) is 16.8 Å².